The fourth-order valence-corrected chi connectivity index (χ4v) is 2.87. The molecule has 0 amide bonds. The van der Waals surface area contributed by atoms with Crippen LogP contribution >= 0.6 is 0 Å². The number of ether oxygens (including phenoxy) is 1. The van der Waals surface area contributed by atoms with Gasteiger partial charge in [-0.15, -0.1) is 0 Å². The van der Waals surface area contributed by atoms with E-state index >= 15 is 0 Å². The number of esters is 1. The van der Waals surface area contributed by atoms with Gasteiger partial charge in [-0.1, -0.05) is 75.6 Å². The minimum absolute atomic E-state index is 0.347. The van der Waals surface area contributed by atoms with E-state index in [4.69, 9.17) is 10.00 Å². The molecule has 3 heteroatoms. The molecule has 2 rings (SSSR count). The Labute approximate surface area is 162 Å². The van der Waals surface area contributed by atoms with Crippen LogP contribution in [-0.2, 0) is 9.53 Å². The quantitative estimate of drug-likeness (QED) is 0.325. The zero-order chi connectivity index (χ0) is 19.5. The fourth-order valence-electron chi connectivity index (χ4n) is 2.87. The summed E-state index contributed by atoms with van der Waals surface area (Å²) < 4.78 is 5.40. The monoisotopic (exact) mass is 361 g/mol. The Balaban J connectivity index is 2.07. The summed E-state index contributed by atoms with van der Waals surface area (Å²) in [5, 5.41) is 9.16. The van der Waals surface area contributed by atoms with Crippen LogP contribution in [0.5, 0.6) is 0 Å². The molecule has 0 aliphatic heterocycles. The summed E-state index contributed by atoms with van der Waals surface area (Å²) in [4.78, 5) is 12.3. The highest BCUT2D eigenvalue weighted by Crippen LogP contribution is 2.24. The molecule has 3 nitrogen and oxygen atoms in total. The molecule has 0 atom stereocenters. The molecule has 140 valence electrons. The molecule has 0 saturated heterocycles. The number of hydrogen-bond donors (Lipinski definition) is 0. The molecule has 0 spiro atoms. The summed E-state index contributed by atoms with van der Waals surface area (Å²) >= 11 is 0. The normalized spacial score (nSPS) is 11.3. The maximum absolute atomic E-state index is 12.3. The van der Waals surface area contributed by atoms with Crippen molar-refractivity contribution in [3.05, 3.63) is 77.4 Å². The summed E-state index contributed by atoms with van der Waals surface area (Å²) in [5.41, 5.74) is 3.07. The van der Waals surface area contributed by atoms with E-state index in [-0.39, 0.29) is 5.97 Å². The van der Waals surface area contributed by atoms with Gasteiger partial charge in [-0.25, -0.2) is 4.79 Å². The van der Waals surface area contributed by atoms with Crippen LogP contribution in [0.15, 0.2) is 60.7 Å². The van der Waals surface area contributed by atoms with E-state index in [2.05, 4.69) is 19.9 Å². The summed E-state index contributed by atoms with van der Waals surface area (Å²) in [6.07, 6.45) is 5.87. The Morgan fingerprint density at radius 1 is 1.04 bits per heavy atom. The standard InChI is InChI=1S/C24H27NO2/c1-19(2)10-5-4-8-15-27-24(26)17-23(21-12-6-3-7-13-21)22-14-9-11-20(16-22)18-25/h3,6-7,9,11-14,16-17,19H,4-5,8,10,15H2,1-2H3/b23-17-. The highest BCUT2D eigenvalue weighted by molar-refractivity contribution is 5.96. The molecular weight excluding hydrogens is 334 g/mol. The van der Waals surface area contributed by atoms with Gasteiger partial charge in [0.1, 0.15) is 0 Å². The van der Waals surface area contributed by atoms with Crippen LogP contribution in [-0.4, -0.2) is 12.6 Å². The van der Waals surface area contributed by atoms with Crippen molar-refractivity contribution in [2.24, 2.45) is 5.92 Å². The first kappa shape index (κ1) is 20.5. The van der Waals surface area contributed by atoms with Crippen LogP contribution in [0.4, 0.5) is 0 Å². The van der Waals surface area contributed by atoms with Crippen molar-refractivity contribution >= 4 is 11.5 Å². The van der Waals surface area contributed by atoms with Gasteiger partial charge in [0.15, 0.2) is 0 Å². The molecule has 2 aromatic carbocycles. The van der Waals surface area contributed by atoms with Gasteiger partial charge < -0.3 is 4.74 Å². The van der Waals surface area contributed by atoms with Crippen LogP contribution < -0.4 is 0 Å². The van der Waals surface area contributed by atoms with Gasteiger partial charge in [-0.2, -0.15) is 5.26 Å². The zero-order valence-electron chi connectivity index (χ0n) is 16.2. The van der Waals surface area contributed by atoms with Crippen molar-refractivity contribution in [1.29, 1.82) is 5.26 Å². The first-order valence-corrected chi connectivity index (χ1v) is 9.54. The largest absolute Gasteiger partial charge is 0.463 e. The predicted octanol–water partition coefficient (Wildman–Crippen LogP) is 5.75. The topological polar surface area (TPSA) is 50.1 Å². The van der Waals surface area contributed by atoms with Crippen LogP contribution in [0.2, 0.25) is 0 Å². The number of hydrogen-bond acceptors (Lipinski definition) is 3. The molecule has 0 fully saturated rings. The lowest BCUT2D eigenvalue weighted by Crippen LogP contribution is -2.04. The number of unbranched alkanes of at least 4 members (excludes halogenated alkanes) is 2. The highest BCUT2D eigenvalue weighted by Gasteiger charge is 2.09. The van der Waals surface area contributed by atoms with Gasteiger partial charge in [0, 0.05) is 6.08 Å². The summed E-state index contributed by atoms with van der Waals surface area (Å²) in [5.74, 6) is 0.369. The van der Waals surface area contributed by atoms with Crippen LogP contribution in [0, 0.1) is 17.2 Å². The lowest BCUT2D eigenvalue weighted by atomic mass is 9.96. The fraction of sp³-hybridized carbons (Fsp3) is 0.333. The molecule has 0 aliphatic rings. The molecule has 0 radical (unpaired) electrons. The molecule has 2 aromatic rings. The highest BCUT2D eigenvalue weighted by atomic mass is 16.5. The van der Waals surface area contributed by atoms with Gasteiger partial charge in [0.2, 0.25) is 0 Å². The minimum atomic E-state index is -0.347. The third-order valence-electron chi connectivity index (χ3n) is 4.32. The Morgan fingerprint density at radius 3 is 2.48 bits per heavy atom. The van der Waals surface area contributed by atoms with Crippen molar-refractivity contribution in [3.63, 3.8) is 0 Å². The van der Waals surface area contributed by atoms with Crippen molar-refractivity contribution in [1.82, 2.24) is 0 Å². The van der Waals surface area contributed by atoms with Crippen molar-refractivity contribution in [2.75, 3.05) is 6.61 Å². The van der Waals surface area contributed by atoms with Crippen molar-refractivity contribution < 1.29 is 9.53 Å². The van der Waals surface area contributed by atoms with Crippen LogP contribution in [0.1, 0.15) is 56.2 Å². The van der Waals surface area contributed by atoms with E-state index < -0.39 is 0 Å². The van der Waals surface area contributed by atoms with Crippen molar-refractivity contribution in [2.45, 2.75) is 39.5 Å². The van der Waals surface area contributed by atoms with Crippen LogP contribution in [0.25, 0.3) is 5.57 Å². The summed E-state index contributed by atoms with van der Waals surface area (Å²) in [6, 6.07) is 19.1. The maximum Gasteiger partial charge on any atom is 0.331 e. The second kappa shape index (κ2) is 11.0. The molecule has 0 saturated carbocycles. The third kappa shape index (κ3) is 7.11. The maximum atomic E-state index is 12.3. The van der Waals surface area contributed by atoms with Gasteiger partial charge in [0.25, 0.3) is 0 Å². The van der Waals surface area contributed by atoms with E-state index in [0.29, 0.717) is 18.1 Å². The number of carbonyl (C=O) groups excluding carboxylic acids is 1. The smallest absolute Gasteiger partial charge is 0.331 e. The average molecular weight is 361 g/mol. The molecule has 0 aromatic heterocycles. The van der Waals surface area contributed by atoms with E-state index in [0.717, 1.165) is 29.5 Å². The van der Waals surface area contributed by atoms with Crippen LogP contribution in [0.3, 0.4) is 0 Å². The molecule has 0 bridgehead atoms. The second-order valence-corrected chi connectivity index (χ2v) is 7.03. The number of rotatable bonds is 9. The number of nitriles is 1. The zero-order valence-corrected chi connectivity index (χ0v) is 16.2. The number of nitrogens with zero attached hydrogens (tertiary/aromatic N) is 1. The molecule has 0 unspecified atom stereocenters. The predicted molar refractivity (Wildman–Crippen MR) is 109 cm³/mol. The second-order valence-electron chi connectivity index (χ2n) is 7.03. The Morgan fingerprint density at radius 2 is 1.78 bits per heavy atom. The van der Waals surface area contributed by atoms with Crippen molar-refractivity contribution in [3.8, 4) is 6.07 Å². The van der Waals surface area contributed by atoms with E-state index in [1.165, 1.54) is 18.9 Å². The first-order chi connectivity index (χ1) is 13.1. The van der Waals surface area contributed by atoms with E-state index in [1.54, 1.807) is 12.1 Å². The molecule has 0 heterocycles. The number of carbonyl (C=O) groups is 1. The van der Waals surface area contributed by atoms with E-state index in [9.17, 15) is 4.79 Å². The number of benzene rings is 2. The van der Waals surface area contributed by atoms with Gasteiger partial charge in [0.05, 0.1) is 18.2 Å². The summed E-state index contributed by atoms with van der Waals surface area (Å²) in [7, 11) is 0. The first-order valence-electron chi connectivity index (χ1n) is 9.54. The Kier molecular flexibility index (Phi) is 8.32. The van der Waals surface area contributed by atoms with Gasteiger partial charge in [-0.05, 0) is 41.2 Å². The summed E-state index contributed by atoms with van der Waals surface area (Å²) in [6.45, 7) is 4.88. The lowest BCUT2D eigenvalue weighted by Gasteiger charge is -2.09. The molecule has 0 aliphatic carbocycles. The minimum Gasteiger partial charge on any atom is -0.463 e. The van der Waals surface area contributed by atoms with Gasteiger partial charge >= 0.3 is 5.97 Å². The molecular formula is C24H27NO2. The lowest BCUT2D eigenvalue weighted by molar-refractivity contribution is -0.137. The Bertz CT molecular complexity index is 801. The van der Waals surface area contributed by atoms with Gasteiger partial charge in [-0.3, -0.25) is 0 Å². The average Bonchev–Trinajstić information content (AvgIpc) is 2.69. The molecule has 0 N–H and O–H groups in total. The van der Waals surface area contributed by atoms with E-state index in [1.807, 2.05) is 42.5 Å². The molecule has 27 heavy (non-hydrogen) atoms. The SMILES string of the molecule is CC(C)CCCCCOC(=O)/C=C(/c1ccccc1)c1cccc(C#N)c1. The Hall–Kier alpha value is -2.86. The third-order valence-corrected chi connectivity index (χ3v) is 4.32.